The monoisotopic (exact) mass is 446 g/mol. The van der Waals surface area contributed by atoms with E-state index in [0.29, 0.717) is 13.2 Å². The highest BCUT2D eigenvalue weighted by Gasteiger charge is 2.08. The average molecular weight is 447 g/mol. The van der Waals surface area contributed by atoms with E-state index in [1.807, 2.05) is 66.7 Å². The molecule has 0 saturated carbocycles. The van der Waals surface area contributed by atoms with Crippen LogP contribution in [-0.4, -0.2) is 12.5 Å². The fraction of sp³-hybridized carbons (Fsp3) is 0.133. The van der Waals surface area contributed by atoms with Crippen LogP contribution in [0.15, 0.2) is 103 Å². The Balaban J connectivity index is 1.31. The summed E-state index contributed by atoms with van der Waals surface area (Å²) in [5, 5.41) is 14.6. The quantitative estimate of drug-likeness (QED) is 0.193. The van der Waals surface area contributed by atoms with Crippen molar-refractivity contribution in [3.05, 3.63) is 119 Å². The van der Waals surface area contributed by atoms with Crippen LogP contribution in [0.25, 0.3) is 16.8 Å². The van der Waals surface area contributed by atoms with E-state index in [-0.39, 0.29) is 11.5 Å². The molecule has 4 aromatic carbocycles. The molecule has 168 valence electrons. The molecule has 1 N–H and O–H groups in total. The van der Waals surface area contributed by atoms with Crippen LogP contribution < -0.4 is 10.1 Å². The van der Waals surface area contributed by atoms with Crippen molar-refractivity contribution >= 4 is 22.8 Å². The third-order valence-corrected chi connectivity index (χ3v) is 5.60. The highest BCUT2D eigenvalue weighted by Crippen LogP contribution is 2.21. The van der Waals surface area contributed by atoms with E-state index in [1.54, 1.807) is 6.08 Å². The van der Waals surface area contributed by atoms with Gasteiger partial charge in [0.2, 0.25) is 0 Å². The first-order valence-corrected chi connectivity index (χ1v) is 11.4. The Kier molecular flexibility index (Phi) is 7.71. The lowest BCUT2D eigenvalue weighted by atomic mass is 10.1. The predicted molar refractivity (Wildman–Crippen MR) is 136 cm³/mol. The number of nitrogens with one attached hydrogen (secondary N) is 1. The number of ether oxygens (including phenoxy) is 1. The van der Waals surface area contributed by atoms with Crippen molar-refractivity contribution in [2.75, 3.05) is 6.54 Å². The first-order valence-electron chi connectivity index (χ1n) is 11.4. The SMILES string of the molecule is N#C/C(=C/c1ccc(OCc2cccc3ccccc23)cc1)C(=O)NCCCc1ccccc1. The Morgan fingerprint density at radius 2 is 1.62 bits per heavy atom. The van der Waals surface area contributed by atoms with Crippen LogP contribution in [-0.2, 0) is 17.8 Å². The van der Waals surface area contributed by atoms with Crippen LogP contribution in [0.3, 0.4) is 0 Å². The maximum absolute atomic E-state index is 12.4. The zero-order valence-electron chi connectivity index (χ0n) is 18.9. The van der Waals surface area contributed by atoms with Crippen LogP contribution in [0.5, 0.6) is 5.75 Å². The maximum Gasteiger partial charge on any atom is 0.261 e. The molecule has 0 spiro atoms. The van der Waals surface area contributed by atoms with Crippen molar-refractivity contribution in [3.8, 4) is 11.8 Å². The number of nitriles is 1. The molecular weight excluding hydrogens is 420 g/mol. The third-order valence-electron chi connectivity index (χ3n) is 5.60. The van der Waals surface area contributed by atoms with Crippen molar-refractivity contribution in [1.82, 2.24) is 5.32 Å². The summed E-state index contributed by atoms with van der Waals surface area (Å²) in [4.78, 5) is 12.4. The number of carbonyl (C=O) groups excluding carboxylic acids is 1. The molecule has 0 aliphatic carbocycles. The average Bonchev–Trinajstić information content (AvgIpc) is 2.89. The summed E-state index contributed by atoms with van der Waals surface area (Å²) in [6.45, 7) is 0.985. The Bertz CT molecular complexity index is 1310. The van der Waals surface area contributed by atoms with Gasteiger partial charge in [-0.2, -0.15) is 5.26 Å². The van der Waals surface area contributed by atoms with Gasteiger partial charge in [0, 0.05) is 6.54 Å². The zero-order chi connectivity index (χ0) is 23.6. The van der Waals surface area contributed by atoms with E-state index in [1.165, 1.54) is 16.3 Å². The van der Waals surface area contributed by atoms with Crippen molar-refractivity contribution in [2.24, 2.45) is 0 Å². The number of aryl methyl sites for hydroxylation is 1. The van der Waals surface area contributed by atoms with Crippen LogP contribution >= 0.6 is 0 Å². The molecule has 0 aromatic heterocycles. The first-order chi connectivity index (χ1) is 16.7. The van der Waals surface area contributed by atoms with Gasteiger partial charge in [0.25, 0.3) is 5.91 Å². The summed E-state index contributed by atoms with van der Waals surface area (Å²) in [6, 6.07) is 34.0. The lowest BCUT2D eigenvalue weighted by molar-refractivity contribution is -0.117. The minimum Gasteiger partial charge on any atom is -0.489 e. The van der Waals surface area contributed by atoms with Crippen molar-refractivity contribution in [2.45, 2.75) is 19.4 Å². The highest BCUT2D eigenvalue weighted by atomic mass is 16.5. The number of carbonyl (C=O) groups is 1. The zero-order valence-corrected chi connectivity index (χ0v) is 18.9. The second kappa shape index (κ2) is 11.5. The minimum absolute atomic E-state index is 0.0872. The number of amides is 1. The van der Waals surface area contributed by atoms with Gasteiger partial charge in [-0.1, -0.05) is 84.9 Å². The molecule has 4 heteroatoms. The van der Waals surface area contributed by atoms with E-state index < -0.39 is 0 Å². The van der Waals surface area contributed by atoms with Gasteiger partial charge < -0.3 is 10.1 Å². The molecule has 0 radical (unpaired) electrons. The highest BCUT2D eigenvalue weighted by molar-refractivity contribution is 6.01. The Morgan fingerprint density at radius 3 is 2.41 bits per heavy atom. The van der Waals surface area contributed by atoms with Gasteiger partial charge in [0.15, 0.2) is 0 Å². The van der Waals surface area contributed by atoms with Crippen molar-refractivity contribution in [1.29, 1.82) is 5.26 Å². The molecule has 4 nitrogen and oxygen atoms in total. The molecule has 0 fully saturated rings. The topological polar surface area (TPSA) is 62.1 Å². The Labute approximate surface area is 200 Å². The largest absolute Gasteiger partial charge is 0.489 e. The van der Waals surface area contributed by atoms with E-state index in [9.17, 15) is 10.1 Å². The third kappa shape index (κ3) is 6.11. The molecule has 0 unspecified atom stereocenters. The van der Waals surface area contributed by atoms with Crippen LogP contribution in [0, 0.1) is 11.3 Å². The molecule has 0 heterocycles. The summed E-state index contributed by atoms with van der Waals surface area (Å²) in [5.41, 5.74) is 3.21. The molecule has 0 saturated heterocycles. The fourth-order valence-corrected chi connectivity index (χ4v) is 3.79. The molecular formula is C30H26N2O2. The van der Waals surface area contributed by atoms with Crippen molar-refractivity contribution in [3.63, 3.8) is 0 Å². The van der Waals surface area contributed by atoms with Gasteiger partial charge in [0.1, 0.15) is 24.0 Å². The molecule has 4 rings (SSSR count). The summed E-state index contributed by atoms with van der Waals surface area (Å²) in [5.74, 6) is 0.376. The minimum atomic E-state index is -0.355. The molecule has 4 aromatic rings. The Hall–Kier alpha value is -4.36. The van der Waals surface area contributed by atoms with Crippen LogP contribution in [0.1, 0.15) is 23.1 Å². The summed E-state index contributed by atoms with van der Waals surface area (Å²) in [6.07, 6.45) is 3.30. The molecule has 0 aliphatic rings. The number of hydrogen-bond acceptors (Lipinski definition) is 3. The molecule has 0 bridgehead atoms. The molecule has 34 heavy (non-hydrogen) atoms. The van der Waals surface area contributed by atoms with Crippen molar-refractivity contribution < 1.29 is 9.53 Å². The normalized spacial score (nSPS) is 11.1. The van der Waals surface area contributed by atoms with E-state index in [4.69, 9.17) is 4.74 Å². The molecule has 1 amide bonds. The smallest absolute Gasteiger partial charge is 0.261 e. The summed E-state index contributed by atoms with van der Waals surface area (Å²) < 4.78 is 5.97. The number of fused-ring (bicyclic) bond motifs is 1. The number of benzene rings is 4. The Morgan fingerprint density at radius 1 is 0.882 bits per heavy atom. The number of rotatable bonds is 9. The standard InChI is InChI=1S/C30H26N2O2/c31-21-27(30(33)32-19-7-10-23-8-2-1-3-9-23)20-24-15-17-28(18-16-24)34-22-26-13-6-12-25-11-4-5-14-29(25)26/h1-6,8-9,11-18,20H,7,10,19,22H2,(H,32,33)/b27-20-. The fourth-order valence-electron chi connectivity index (χ4n) is 3.79. The molecule has 0 aliphatic heterocycles. The van der Waals surface area contributed by atoms with Gasteiger partial charge in [-0.15, -0.1) is 0 Å². The number of hydrogen-bond donors (Lipinski definition) is 1. The molecule has 0 atom stereocenters. The van der Waals surface area contributed by atoms with Gasteiger partial charge in [-0.25, -0.2) is 0 Å². The second-order valence-corrected chi connectivity index (χ2v) is 8.01. The second-order valence-electron chi connectivity index (χ2n) is 8.01. The number of nitrogens with zero attached hydrogens (tertiary/aromatic N) is 1. The van der Waals surface area contributed by atoms with Crippen LogP contribution in [0.4, 0.5) is 0 Å². The first kappa shape index (κ1) is 22.8. The van der Waals surface area contributed by atoms with Gasteiger partial charge in [-0.3, -0.25) is 4.79 Å². The maximum atomic E-state index is 12.4. The summed E-state index contributed by atoms with van der Waals surface area (Å²) in [7, 11) is 0. The van der Waals surface area contributed by atoms with Gasteiger partial charge >= 0.3 is 0 Å². The van der Waals surface area contributed by atoms with E-state index in [2.05, 4.69) is 41.7 Å². The van der Waals surface area contributed by atoms with Gasteiger partial charge in [-0.05, 0) is 58.5 Å². The predicted octanol–water partition coefficient (Wildman–Crippen LogP) is 6.07. The lowest BCUT2D eigenvalue weighted by Gasteiger charge is -2.09. The van der Waals surface area contributed by atoms with Gasteiger partial charge in [0.05, 0.1) is 0 Å². The summed E-state index contributed by atoms with van der Waals surface area (Å²) >= 11 is 0. The van der Waals surface area contributed by atoms with Crippen LogP contribution in [0.2, 0.25) is 0 Å². The lowest BCUT2D eigenvalue weighted by Crippen LogP contribution is -2.25. The van der Waals surface area contributed by atoms with E-state index >= 15 is 0 Å². The van der Waals surface area contributed by atoms with E-state index in [0.717, 1.165) is 29.7 Å².